The summed E-state index contributed by atoms with van der Waals surface area (Å²) in [6.07, 6.45) is 0.230. The highest BCUT2D eigenvalue weighted by Gasteiger charge is 2.17. The number of hydrogen-bond donors (Lipinski definition) is 1. The van der Waals surface area contributed by atoms with Crippen molar-refractivity contribution in [2.45, 2.75) is 34.1 Å². The van der Waals surface area contributed by atoms with E-state index in [1.54, 1.807) is 4.52 Å². The Labute approximate surface area is 169 Å². The first kappa shape index (κ1) is 18.8. The maximum Gasteiger partial charge on any atom is 0.253 e. The number of carbonyl (C=O) groups is 1. The number of amides is 1. The fourth-order valence-corrected chi connectivity index (χ4v) is 3.46. The van der Waals surface area contributed by atoms with Gasteiger partial charge in [0.15, 0.2) is 5.82 Å². The second kappa shape index (κ2) is 7.47. The molecule has 1 amide bonds. The molecule has 0 aliphatic heterocycles. The molecule has 1 N–H and O–H groups in total. The highest BCUT2D eigenvalue weighted by molar-refractivity contribution is 5.92. The summed E-state index contributed by atoms with van der Waals surface area (Å²) in [7, 11) is 0. The predicted octanol–water partition coefficient (Wildman–Crippen LogP) is 4.21. The van der Waals surface area contributed by atoms with Gasteiger partial charge in [0.2, 0.25) is 5.91 Å². The van der Waals surface area contributed by atoms with Gasteiger partial charge in [0.05, 0.1) is 6.42 Å². The minimum atomic E-state index is -0.0815. The number of aryl methyl sites for hydroxylation is 4. The number of rotatable bonds is 4. The summed E-state index contributed by atoms with van der Waals surface area (Å²) >= 11 is 0. The molecular formula is C23H23N5O. The van der Waals surface area contributed by atoms with E-state index in [0.29, 0.717) is 11.6 Å². The second-order valence-corrected chi connectivity index (χ2v) is 7.37. The Balaban J connectivity index is 1.65. The average Bonchev–Trinajstić information content (AvgIpc) is 3.09. The number of aromatic nitrogens is 4. The van der Waals surface area contributed by atoms with Gasteiger partial charge < -0.3 is 5.32 Å². The van der Waals surface area contributed by atoms with Gasteiger partial charge in [0.1, 0.15) is 0 Å². The summed E-state index contributed by atoms with van der Waals surface area (Å²) in [5, 5.41) is 7.60. The number of carbonyl (C=O) groups excluding carboxylic acids is 1. The summed E-state index contributed by atoms with van der Waals surface area (Å²) in [6.45, 7) is 7.89. The smallest absolute Gasteiger partial charge is 0.253 e. The number of benzene rings is 2. The Bertz CT molecular complexity index is 1230. The van der Waals surface area contributed by atoms with Crippen molar-refractivity contribution >= 4 is 17.4 Å². The fraction of sp³-hybridized carbons (Fsp3) is 0.217. The Morgan fingerprint density at radius 2 is 1.69 bits per heavy atom. The molecule has 0 radical (unpaired) electrons. The van der Waals surface area contributed by atoms with Crippen LogP contribution in [0.1, 0.15) is 28.1 Å². The first-order valence-corrected chi connectivity index (χ1v) is 9.57. The Morgan fingerprint density at radius 1 is 0.966 bits per heavy atom. The van der Waals surface area contributed by atoms with Gasteiger partial charge in [-0.15, -0.1) is 5.10 Å². The van der Waals surface area contributed by atoms with E-state index < -0.39 is 0 Å². The minimum Gasteiger partial charge on any atom is -0.326 e. The standard InChI is InChI=1S/C23H23N5O/c1-14-7-5-9-18(11-14)22-26-23-24-16(3)20(17(4)28(23)27-22)13-21(29)25-19-10-6-8-15(2)12-19/h5-12H,13H2,1-4H3,(H,25,29). The topological polar surface area (TPSA) is 72.2 Å². The molecular weight excluding hydrogens is 362 g/mol. The van der Waals surface area contributed by atoms with E-state index in [2.05, 4.69) is 20.4 Å². The van der Waals surface area contributed by atoms with E-state index in [1.165, 1.54) is 0 Å². The molecule has 29 heavy (non-hydrogen) atoms. The zero-order valence-corrected chi connectivity index (χ0v) is 17.0. The van der Waals surface area contributed by atoms with Crippen molar-refractivity contribution in [1.29, 1.82) is 0 Å². The zero-order valence-electron chi connectivity index (χ0n) is 17.0. The predicted molar refractivity (Wildman–Crippen MR) is 114 cm³/mol. The van der Waals surface area contributed by atoms with E-state index in [0.717, 1.165) is 39.3 Å². The van der Waals surface area contributed by atoms with E-state index in [-0.39, 0.29) is 12.3 Å². The summed E-state index contributed by atoms with van der Waals surface area (Å²) in [6, 6.07) is 15.8. The molecule has 0 unspecified atom stereocenters. The molecule has 0 saturated heterocycles. The van der Waals surface area contributed by atoms with Crippen LogP contribution in [0.2, 0.25) is 0 Å². The van der Waals surface area contributed by atoms with Gasteiger partial charge in [-0.1, -0.05) is 35.9 Å². The molecule has 2 heterocycles. The normalized spacial score (nSPS) is 11.0. The monoisotopic (exact) mass is 385 g/mol. The lowest BCUT2D eigenvalue weighted by Gasteiger charge is -2.11. The van der Waals surface area contributed by atoms with Crippen molar-refractivity contribution in [2.24, 2.45) is 0 Å². The van der Waals surface area contributed by atoms with E-state index >= 15 is 0 Å². The molecule has 6 nitrogen and oxygen atoms in total. The molecule has 0 saturated carbocycles. The highest BCUT2D eigenvalue weighted by atomic mass is 16.1. The zero-order chi connectivity index (χ0) is 20.5. The molecule has 0 aliphatic carbocycles. The van der Waals surface area contributed by atoms with Crippen molar-refractivity contribution in [3.63, 3.8) is 0 Å². The van der Waals surface area contributed by atoms with Gasteiger partial charge in [-0.05, 0) is 51.5 Å². The third kappa shape index (κ3) is 3.87. The van der Waals surface area contributed by atoms with Crippen LogP contribution in [0.5, 0.6) is 0 Å². The third-order valence-electron chi connectivity index (χ3n) is 4.96. The number of hydrogen-bond acceptors (Lipinski definition) is 4. The van der Waals surface area contributed by atoms with E-state index in [9.17, 15) is 4.79 Å². The van der Waals surface area contributed by atoms with E-state index in [4.69, 9.17) is 0 Å². The SMILES string of the molecule is Cc1cccc(NC(=O)Cc2c(C)nc3nc(-c4cccc(C)c4)nn3c2C)c1. The lowest BCUT2D eigenvalue weighted by molar-refractivity contribution is -0.115. The van der Waals surface area contributed by atoms with Crippen LogP contribution >= 0.6 is 0 Å². The third-order valence-corrected chi connectivity index (χ3v) is 4.96. The van der Waals surface area contributed by atoms with Gasteiger partial charge in [-0.2, -0.15) is 4.98 Å². The lowest BCUT2D eigenvalue weighted by Crippen LogP contribution is -2.17. The number of fused-ring (bicyclic) bond motifs is 1. The van der Waals surface area contributed by atoms with Crippen LogP contribution in [-0.2, 0) is 11.2 Å². The van der Waals surface area contributed by atoms with Crippen LogP contribution in [0.25, 0.3) is 17.2 Å². The maximum atomic E-state index is 12.6. The van der Waals surface area contributed by atoms with Crippen molar-refractivity contribution < 1.29 is 4.79 Å². The molecule has 0 bridgehead atoms. The molecule has 2 aromatic carbocycles. The second-order valence-electron chi connectivity index (χ2n) is 7.37. The Morgan fingerprint density at radius 3 is 2.41 bits per heavy atom. The molecule has 4 aromatic rings. The fourth-order valence-electron chi connectivity index (χ4n) is 3.46. The first-order valence-electron chi connectivity index (χ1n) is 9.57. The summed E-state index contributed by atoms with van der Waals surface area (Å²) in [5.74, 6) is 1.09. The van der Waals surface area contributed by atoms with Crippen LogP contribution in [0, 0.1) is 27.7 Å². The van der Waals surface area contributed by atoms with Gasteiger partial charge in [-0.3, -0.25) is 4.79 Å². The molecule has 0 aliphatic rings. The van der Waals surface area contributed by atoms with E-state index in [1.807, 2.05) is 76.2 Å². The van der Waals surface area contributed by atoms with Crippen LogP contribution in [-0.4, -0.2) is 25.5 Å². The average molecular weight is 385 g/mol. The van der Waals surface area contributed by atoms with Crippen molar-refractivity contribution in [3.8, 4) is 11.4 Å². The largest absolute Gasteiger partial charge is 0.326 e. The summed E-state index contributed by atoms with van der Waals surface area (Å²) < 4.78 is 1.72. The van der Waals surface area contributed by atoms with Gasteiger partial charge in [0, 0.05) is 28.2 Å². The number of nitrogens with one attached hydrogen (secondary N) is 1. The molecule has 6 heteroatoms. The van der Waals surface area contributed by atoms with Crippen molar-refractivity contribution in [1.82, 2.24) is 19.6 Å². The molecule has 0 spiro atoms. The van der Waals surface area contributed by atoms with Crippen LogP contribution in [0.15, 0.2) is 48.5 Å². The number of nitrogens with zero attached hydrogens (tertiary/aromatic N) is 4. The van der Waals surface area contributed by atoms with Crippen LogP contribution < -0.4 is 5.32 Å². The van der Waals surface area contributed by atoms with Crippen LogP contribution in [0.3, 0.4) is 0 Å². The van der Waals surface area contributed by atoms with Crippen molar-refractivity contribution in [3.05, 3.63) is 76.6 Å². The molecule has 146 valence electrons. The van der Waals surface area contributed by atoms with Gasteiger partial charge in [0.25, 0.3) is 5.78 Å². The molecule has 4 rings (SSSR count). The van der Waals surface area contributed by atoms with Gasteiger partial charge >= 0.3 is 0 Å². The number of anilines is 1. The van der Waals surface area contributed by atoms with Crippen molar-refractivity contribution in [2.75, 3.05) is 5.32 Å². The minimum absolute atomic E-state index is 0.0815. The summed E-state index contributed by atoms with van der Waals surface area (Å²) in [5.41, 5.74) is 6.52. The highest BCUT2D eigenvalue weighted by Crippen LogP contribution is 2.20. The molecule has 0 fully saturated rings. The molecule has 2 aromatic heterocycles. The lowest BCUT2D eigenvalue weighted by atomic mass is 10.1. The van der Waals surface area contributed by atoms with Crippen LogP contribution in [0.4, 0.5) is 5.69 Å². The van der Waals surface area contributed by atoms with Gasteiger partial charge in [-0.25, -0.2) is 9.50 Å². The Hall–Kier alpha value is -3.54. The first-order chi connectivity index (χ1) is 13.9. The maximum absolute atomic E-state index is 12.6. The Kier molecular flexibility index (Phi) is 4.84. The molecule has 0 atom stereocenters. The quantitative estimate of drug-likeness (QED) is 0.571. The summed E-state index contributed by atoms with van der Waals surface area (Å²) in [4.78, 5) is 21.8.